The van der Waals surface area contributed by atoms with Gasteiger partial charge >= 0.3 is 0 Å². The third-order valence-corrected chi connectivity index (χ3v) is 3.44. The highest BCUT2D eigenvalue weighted by molar-refractivity contribution is 9.09. The van der Waals surface area contributed by atoms with Crippen LogP contribution in [-0.4, -0.2) is 5.33 Å². The van der Waals surface area contributed by atoms with Crippen LogP contribution in [0.2, 0.25) is 0 Å². The van der Waals surface area contributed by atoms with E-state index < -0.39 is 0 Å². The zero-order valence-electron chi connectivity index (χ0n) is 9.79. The number of alkyl halides is 1. The Balaban J connectivity index is 2.23. The SMILES string of the molecule is CCCCCC(C=CC=CCBr)C1CC1. The molecule has 1 atom stereocenters. The molecule has 0 aliphatic heterocycles. The van der Waals surface area contributed by atoms with Gasteiger partial charge in [-0.25, -0.2) is 0 Å². The number of unbranched alkanes of at least 4 members (excludes halogenated alkanes) is 2. The first-order chi connectivity index (χ1) is 7.38. The molecule has 1 fully saturated rings. The van der Waals surface area contributed by atoms with E-state index in [2.05, 4.69) is 47.2 Å². The molecule has 0 nitrogen and oxygen atoms in total. The molecule has 1 saturated carbocycles. The highest BCUT2D eigenvalue weighted by atomic mass is 79.9. The van der Waals surface area contributed by atoms with E-state index in [1.54, 1.807) is 0 Å². The topological polar surface area (TPSA) is 0 Å². The van der Waals surface area contributed by atoms with Gasteiger partial charge in [-0.1, -0.05) is 66.4 Å². The zero-order chi connectivity index (χ0) is 10.9. The second-order valence-corrected chi connectivity index (χ2v) is 5.11. The lowest BCUT2D eigenvalue weighted by atomic mass is 9.96. The van der Waals surface area contributed by atoms with Crippen LogP contribution in [0, 0.1) is 11.8 Å². The van der Waals surface area contributed by atoms with Crippen LogP contribution in [0.5, 0.6) is 0 Å². The van der Waals surface area contributed by atoms with E-state index in [1.165, 1.54) is 38.5 Å². The van der Waals surface area contributed by atoms with Crippen LogP contribution in [0.3, 0.4) is 0 Å². The molecule has 1 heteroatoms. The average molecular weight is 271 g/mol. The molecule has 0 aromatic rings. The third kappa shape index (κ3) is 6.19. The van der Waals surface area contributed by atoms with Crippen LogP contribution in [0.1, 0.15) is 45.4 Å². The first kappa shape index (κ1) is 13.0. The van der Waals surface area contributed by atoms with Crippen molar-refractivity contribution in [2.45, 2.75) is 45.4 Å². The van der Waals surface area contributed by atoms with Crippen LogP contribution in [0.4, 0.5) is 0 Å². The highest BCUT2D eigenvalue weighted by Gasteiger charge is 2.28. The zero-order valence-corrected chi connectivity index (χ0v) is 11.4. The van der Waals surface area contributed by atoms with E-state index >= 15 is 0 Å². The molecular weight excluding hydrogens is 248 g/mol. The fourth-order valence-corrected chi connectivity index (χ4v) is 2.20. The van der Waals surface area contributed by atoms with Crippen molar-refractivity contribution >= 4 is 15.9 Å². The lowest BCUT2D eigenvalue weighted by molar-refractivity contribution is 0.489. The summed E-state index contributed by atoms with van der Waals surface area (Å²) >= 11 is 3.39. The van der Waals surface area contributed by atoms with Gasteiger partial charge in [0.05, 0.1) is 0 Å². The molecule has 0 saturated heterocycles. The number of halogens is 1. The molecule has 0 bridgehead atoms. The smallest absolute Gasteiger partial charge is 0.0215 e. The Morgan fingerprint density at radius 1 is 1.27 bits per heavy atom. The second-order valence-electron chi connectivity index (χ2n) is 4.46. The Morgan fingerprint density at radius 2 is 2.07 bits per heavy atom. The summed E-state index contributed by atoms with van der Waals surface area (Å²) in [6.45, 7) is 2.28. The van der Waals surface area contributed by atoms with Crippen LogP contribution >= 0.6 is 15.9 Å². The summed E-state index contributed by atoms with van der Waals surface area (Å²) in [6.07, 6.45) is 17.4. The van der Waals surface area contributed by atoms with Gasteiger partial charge in [0.2, 0.25) is 0 Å². The summed E-state index contributed by atoms with van der Waals surface area (Å²) < 4.78 is 0. The maximum Gasteiger partial charge on any atom is 0.0215 e. The number of allylic oxidation sites excluding steroid dienone is 4. The minimum absolute atomic E-state index is 0.858. The van der Waals surface area contributed by atoms with Gasteiger partial charge in [-0.05, 0) is 31.1 Å². The van der Waals surface area contributed by atoms with Crippen molar-refractivity contribution in [3.8, 4) is 0 Å². The maximum absolute atomic E-state index is 3.39. The molecule has 0 spiro atoms. The Morgan fingerprint density at radius 3 is 2.67 bits per heavy atom. The predicted octanol–water partition coefficient (Wildman–Crippen LogP) is 5.10. The van der Waals surface area contributed by atoms with Crippen molar-refractivity contribution in [3.63, 3.8) is 0 Å². The molecule has 1 aliphatic rings. The monoisotopic (exact) mass is 270 g/mol. The molecule has 0 aromatic carbocycles. The molecule has 15 heavy (non-hydrogen) atoms. The van der Waals surface area contributed by atoms with Gasteiger partial charge in [0.1, 0.15) is 0 Å². The van der Waals surface area contributed by atoms with E-state index in [0.717, 1.165) is 17.2 Å². The van der Waals surface area contributed by atoms with E-state index in [9.17, 15) is 0 Å². The lowest BCUT2D eigenvalue weighted by Crippen LogP contribution is -1.98. The van der Waals surface area contributed by atoms with E-state index in [0.29, 0.717) is 0 Å². The summed E-state index contributed by atoms with van der Waals surface area (Å²) in [7, 11) is 0. The van der Waals surface area contributed by atoms with Crippen molar-refractivity contribution in [2.24, 2.45) is 11.8 Å². The van der Waals surface area contributed by atoms with Gasteiger partial charge in [-0.3, -0.25) is 0 Å². The van der Waals surface area contributed by atoms with Crippen molar-refractivity contribution in [2.75, 3.05) is 5.33 Å². The van der Waals surface area contributed by atoms with Gasteiger partial charge in [0.25, 0.3) is 0 Å². The van der Waals surface area contributed by atoms with Gasteiger partial charge in [0, 0.05) is 5.33 Å². The molecule has 0 amide bonds. The Labute approximate surface area is 103 Å². The first-order valence-electron chi connectivity index (χ1n) is 6.27. The predicted molar refractivity (Wildman–Crippen MR) is 72.4 cm³/mol. The minimum Gasteiger partial charge on any atom is -0.0883 e. The van der Waals surface area contributed by atoms with Crippen LogP contribution < -0.4 is 0 Å². The van der Waals surface area contributed by atoms with Crippen LogP contribution in [-0.2, 0) is 0 Å². The molecule has 0 N–H and O–H groups in total. The summed E-state index contributed by atoms with van der Waals surface area (Å²) in [6, 6.07) is 0. The fraction of sp³-hybridized carbons (Fsp3) is 0.714. The molecule has 1 unspecified atom stereocenters. The van der Waals surface area contributed by atoms with Crippen molar-refractivity contribution in [1.29, 1.82) is 0 Å². The van der Waals surface area contributed by atoms with Gasteiger partial charge < -0.3 is 0 Å². The van der Waals surface area contributed by atoms with Gasteiger partial charge in [-0.15, -0.1) is 0 Å². The van der Waals surface area contributed by atoms with E-state index in [1.807, 2.05) is 0 Å². The van der Waals surface area contributed by atoms with Crippen LogP contribution in [0.15, 0.2) is 24.3 Å². The largest absolute Gasteiger partial charge is 0.0883 e. The lowest BCUT2D eigenvalue weighted by Gasteiger charge is -2.10. The van der Waals surface area contributed by atoms with Gasteiger partial charge in [0.15, 0.2) is 0 Å². The maximum atomic E-state index is 3.39. The number of hydrogen-bond acceptors (Lipinski definition) is 0. The molecule has 0 heterocycles. The number of rotatable bonds is 8. The van der Waals surface area contributed by atoms with E-state index in [4.69, 9.17) is 0 Å². The Hall–Kier alpha value is -0.0400. The number of hydrogen-bond donors (Lipinski definition) is 0. The Bertz CT molecular complexity index is 201. The summed E-state index contributed by atoms with van der Waals surface area (Å²) in [5.41, 5.74) is 0. The average Bonchev–Trinajstić information content (AvgIpc) is 3.05. The second kappa shape index (κ2) is 8.15. The first-order valence-corrected chi connectivity index (χ1v) is 7.40. The van der Waals surface area contributed by atoms with Crippen molar-refractivity contribution in [3.05, 3.63) is 24.3 Å². The summed E-state index contributed by atoms with van der Waals surface area (Å²) in [4.78, 5) is 0. The fourth-order valence-electron chi connectivity index (χ4n) is 1.98. The van der Waals surface area contributed by atoms with Crippen molar-refractivity contribution in [1.82, 2.24) is 0 Å². The van der Waals surface area contributed by atoms with Gasteiger partial charge in [-0.2, -0.15) is 0 Å². The highest BCUT2D eigenvalue weighted by Crippen LogP contribution is 2.40. The summed E-state index contributed by atoms with van der Waals surface area (Å²) in [5, 5.41) is 0.960. The molecular formula is C14H23Br. The third-order valence-electron chi connectivity index (χ3n) is 3.06. The summed E-state index contributed by atoms with van der Waals surface area (Å²) in [5.74, 6) is 1.87. The quantitative estimate of drug-likeness (QED) is 0.327. The molecule has 86 valence electrons. The normalized spacial score (nSPS) is 19.1. The molecule has 1 rings (SSSR count). The molecule has 0 radical (unpaired) electrons. The minimum atomic E-state index is 0.858. The standard InChI is InChI=1S/C14H23Br/c1-2-3-5-8-13(14-10-11-14)9-6-4-7-12-15/h4,6-7,9,13-14H,2-3,5,8,10-12H2,1H3. The Kier molecular flexibility index (Phi) is 7.08. The molecule has 0 aromatic heterocycles. The van der Waals surface area contributed by atoms with E-state index in [-0.39, 0.29) is 0 Å². The van der Waals surface area contributed by atoms with Crippen molar-refractivity contribution < 1.29 is 0 Å². The molecule has 1 aliphatic carbocycles. The van der Waals surface area contributed by atoms with Crippen LogP contribution in [0.25, 0.3) is 0 Å².